The van der Waals surface area contributed by atoms with Crippen molar-refractivity contribution in [2.24, 2.45) is 0 Å². The molecule has 0 saturated carbocycles. The number of carbonyl (C=O) groups excluding carboxylic acids is 1. The van der Waals surface area contributed by atoms with Gasteiger partial charge in [0.15, 0.2) is 11.5 Å². The molecule has 9 heteroatoms. The lowest BCUT2D eigenvalue weighted by Gasteiger charge is -2.34. The van der Waals surface area contributed by atoms with Crippen molar-refractivity contribution in [2.75, 3.05) is 58.3 Å². The van der Waals surface area contributed by atoms with Crippen LogP contribution >= 0.6 is 0 Å². The number of carbonyl (C=O) groups is 1. The Bertz CT molecular complexity index is 1370. The smallest absolute Gasteiger partial charge is 0.264 e. The first-order valence-electron chi connectivity index (χ1n) is 12.4. The minimum atomic E-state index is -3.84. The van der Waals surface area contributed by atoms with Gasteiger partial charge in [0.05, 0.1) is 24.8 Å². The molecule has 0 atom stereocenters. The zero-order chi connectivity index (χ0) is 27.1. The van der Waals surface area contributed by atoms with Crippen LogP contribution in [-0.4, -0.2) is 78.1 Å². The van der Waals surface area contributed by atoms with Gasteiger partial charge in [-0.25, -0.2) is 8.42 Å². The minimum Gasteiger partial charge on any atom is -0.493 e. The molecule has 0 N–H and O–H groups in total. The maximum Gasteiger partial charge on any atom is 0.264 e. The molecule has 1 aliphatic heterocycles. The van der Waals surface area contributed by atoms with Crippen molar-refractivity contribution in [1.29, 1.82) is 0 Å². The Morgan fingerprint density at radius 3 is 2.18 bits per heavy atom. The number of benzene rings is 3. The summed E-state index contributed by atoms with van der Waals surface area (Å²) >= 11 is 0. The Labute approximate surface area is 224 Å². The van der Waals surface area contributed by atoms with Crippen molar-refractivity contribution in [2.45, 2.75) is 4.90 Å². The molecule has 0 bridgehead atoms. The number of amides is 1. The highest BCUT2D eigenvalue weighted by Gasteiger charge is 2.25. The summed E-state index contributed by atoms with van der Waals surface area (Å²) in [5.74, 6) is 0.720. The Morgan fingerprint density at radius 1 is 0.895 bits per heavy atom. The van der Waals surface area contributed by atoms with Gasteiger partial charge in [-0.3, -0.25) is 14.0 Å². The van der Waals surface area contributed by atoms with Crippen LogP contribution in [0, 0.1) is 0 Å². The van der Waals surface area contributed by atoms with E-state index >= 15 is 0 Å². The number of piperazine rings is 1. The van der Waals surface area contributed by atoms with E-state index in [0.717, 1.165) is 19.6 Å². The van der Waals surface area contributed by atoms with Crippen LogP contribution in [0.2, 0.25) is 0 Å². The van der Waals surface area contributed by atoms with Gasteiger partial charge in [0.1, 0.15) is 0 Å². The van der Waals surface area contributed by atoms with E-state index in [-0.39, 0.29) is 10.8 Å². The predicted octanol–water partition coefficient (Wildman–Crippen LogP) is 4.00. The molecular weight excluding hydrogens is 502 g/mol. The molecule has 0 unspecified atom stereocenters. The van der Waals surface area contributed by atoms with Crippen LogP contribution < -0.4 is 13.8 Å². The Morgan fingerprint density at radius 2 is 1.55 bits per heavy atom. The first kappa shape index (κ1) is 27.2. The van der Waals surface area contributed by atoms with Gasteiger partial charge in [0, 0.05) is 51.4 Å². The molecular formula is C29H33N3O5S. The molecule has 3 aromatic carbocycles. The van der Waals surface area contributed by atoms with Crippen molar-refractivity contribution < 1.29 is 22.7 Å². The molecule has 1 amide bonds. The largest absolute Gasteiger partial charge is 0.493 e. The van der Waals surface area contributed by atoms with E-state index in [2.05, 4.69) is 29.2 Å². The summed E-state index contributed by atoms with van der Waals surface area (Å²) in [4.78, 5) is 17.3. The summed E-state index contributed by atoms with van der Waals surface area (Å²) < 4.78 is 38.0. The minimum absolute atomic E-state index is 0.0542. The molecule has 0 spiro atoms. The van der Waals surface area contributed by atoms with Crippen molar-refractivity contribution in [3.8, 4) is 11.5 Å². The number of methoxy groups -OCH3 is 2. The Hall–Kier alpha value is -3.82. The second-order valence-corrected chi connectivity index (χ2v) is 10.9. The first-order valence-corrected chi connectivity index (χ1v) is 13.8. The van der Waals surface area contributed by atoms with E-state index in [9.17, 15) is 13.2 Å². The Balaban J connectivity index is 1.35. The molecule has 1 heterocycles. The molecule has 4 rings (SSSR count). The third kappa shape index (κ3) is 6.17. The molecule has 0 aromatic heterocycles. The van der Waals surface area contributed by atoms with Gasteiger partial charge in [0.2, 0.25) is 0 Å². The fraction of sp³-hybridized carbons (Fsp3) is 0.276. The topological polar surface area (TPSA) is 79.4 Å². The number of ether oxygens (including phenoxy) is 2. The summed E-state index contributed by atoms with van der Waals surface area (Å²) in [5.41, 5.74) is 2.15. The third-order valence-electron chi connectivity index (χ3n) is 6.62. The van der Waals surface area contributed by atoms with Crippen molar-refractivity contribution in [1.82, 2.24) is 9.80 Å². The molecule has 0 aliphatic carbocycles. The van der Waals surface area contributed by atoms with Crippen LogP contribution in [-0.2, 0) is 10.0 Å². The van der Waals surface area contributed by atoms with E-state index < -0.39 is 10.0 Å². The summed E-state index contributed by atoms with van der Waals surface area (Å²) in [7, 11) is 0.584. The second-order valence-electron chi connectivity index (χ2n) is 8.94. The van der Waals surface area contributed by atoms with Gasteiger partial charge >= 0.3 is 0 Å². The molecule has 0 radical (unpaired) electrons. The maximum atomic E-state index is 13.2. The summed E-state index contributed by atoms with van der Waals surface area (Å²) in [6.07, 6.45) is 4.26. The van der Waals surface area contributed by atoms with E-state index in [0.29, 0.717) is 35.8 Å². The highest BCUT2D eigenvalue weighted by molar-refractivity contribution is 7.92. The number of hydrogen-bond donors (Lipinski definition) is 0. The fourth-order valence-corrected chi connectivity index (χ4v) is 5.52. The zero-order valence-corrected chi connectivity index (χ0v) is 22.7. The van der Waals surface area contributed by atoms with Gasteiger partial charge < -0.3 is 14.4 Å². The lowest BCUT2D eigenvalue weighted by atomic mass is 10.1. The predicted molar refractivity (Wildman–Crippen MR) is 149 cm³/mol. The SMILES string of the molecule is COc1ccc(S(=O)(=O)N(C)c2ccc(C(=O)N3CCN(C/C=C/c4ccccc4)CC3)cc2)cc1OC. The molecule has 1 fully saturated rings. The zero-order valence-electron chi connectivity index (χ0n) is 21.9. The Kier molecular flexibility index (Phi) is 8.70. The van der Waals surface area contributed by atoms with Gasteiger partial charge in [0.25, 0.3) is 15.9 Å². The average molecular weight is 536 g/mol. The highest BCUT2D eigenvalue weighted by atomic mass is 32.2. The highest BCUT2D eigenvalue weighted by Crippen LogP contribution is 2.31. The molecule has 38 heavy (non-hydrogen) atoms. The van der Waals surface area contributed by atoms with Crippen LogP contribution in [0.5, 0.6) is 11.5 Å². The molecule has 200 valence electrons. The molecule has 1 aliphatic rings. The maximum absolute atomic E-state index is 13.2. The number of nitrogens with zero attached hydrogens (tertiary/aromatic N) is 3. The molecule has 1 saturated heterocycles. The number of rotatable bonds is 9. The monoisotopic (exact) mass is 535 g/mol. The van der Waals surface area contributed by atoms with Crippen LogP contribution in [0.4, 0.5) is 5.69 Å². The van der Waals surface area contributed by atoms with E-state index in [1.54, 1.807) is 30.3 Å². The normalized spacial score (nSPS) is 14.4. The van der Waals surface area contributed by atoms with Gasteiger partial charge in [-0.05, 0) is 42.0 Å². The van der Waals surface area contributed by atoms with Gasteiger partial charge in [-0.2, -0.15) is 0 Å². The standard InChI is InChI=1S/C29H33N3O5S/c1-30(38(34,35)26-15-16-27(36-2)28(22-26)37-3)25-13-11-24(12-14-25)29(33)32-20-18-31(19-21-32)17-7-10-23-8-5-4-6-9-23/h4-16,22H,17-21H2,1-3H3/b10-7+. The average Bonchev–Trinajstić information content (AvgIpc) is 2.97. The quantitative estimate of drug-likeness (QED) is 0.412. The second kappa shape index (κ2) is 12.1. The fourth-order valence-electron chi connectivity index (χ4n) is 4.31. The van der Waals surface area contributed by atoms with Crippen LogP contribution in [0.3, 0.4) is 0 Å². The lowest BCUT2D eigenvalue weighted by Crippen LogP contribution is -2.48. The van der Waals surface area contributed by atoms with E-state index in [1.165, 1.54) is 43.3 Å². The van der Waals surface area contributed by atoms with Crippen molar-refractivity contribution >= 4 is 27.7 Å². The van der Waals surface area contributed by atoms with E-state index in [4.69, 9.17) is 9.47 Å². The van der Waals surface area contributed by atoms with Gasteiger partial charge in [-0.1, -0.05) is 42.5 Å². The third-order valence-corrected chi connectivity index (χ3v) is 8.41. The number of hydrogen-bond acceptors (Lipinski definition) is 6. The van der Waals surface area contributed by atoms with Crippen LogP contribution in [0.15, 0.2) is 83.8 Å². The van der Waals surface area contributed by atoms with Crippen molar-refractivity contribution in [3.63, 3.8) is 0 Å². The van der Waals surface area contributed by atoms with E-state index in [1.807, 2.05) is 23.1 Å². The lowest BCUT2D eigenvalue weighted by molar-refractivity contribution is 0.0650. The summed E-state index contributed by atoms with van der Waals surface area (Å²) in [5, 5.41) is 0. The molecule has 3 aromatic rings. The number of anilines is 1. The first-order chi connectivity index (χ1) is 18.3. The summed E-state index contributed by atoms with van der Waals surface area (Å²) in [6, 6.07) is 21.3. The number of sulfonamides is 1. The van der Waals surface area contributed by atoms with Crippen molar-refractivity contribution in [3.05, 3.63) is 90.0 Å². The van der Waals surface area contributed by atoms with Crippen LogP contribution in [0.1, 0.15) is 15.9 Å². The van der Waals surface area contributed by atoms with Gasteiger partial charge in [-0.15, -0.1) is 0 Å². The van der Waals surface area contributed by atoms with Crippen LogP contribution in [0.25, 0.3) is 6.08 Å². The summed E-state index contributed by atoms with van der Waals surface area (Å²) in [6.45, 7) is 3.73. The molecule has 8 nitrogen and oxygen atoms in total.